The molecule has 0 aliphatic carbocycles. The van der Waals surface area contributed by atoms with E-state index in [9.17, 15) is 4.79 Å². The number of H-pyrrole nitrogens is 1. The van der Waals surface area contributed by atoms with Gasteiger partial charge in [0, 0.05) is 24.2 Å². The molecule has 3 aromatic heterocycles. The van der Waals surface area contributed by atoms with Crippen LogP contribution in [0.3, 0.4) is 0 Å². The minimum atomic E-state index is -0.194. The zero-order valence-electron chi connectivity index (χ0n) is 21.2. The Bertz CT molecular complexity index is 1590. The van der Waals surface area contributed by atoms with Gasteiger partial charge in [0.2, 0.25) is 0 Å². The number of hydrogen-bond acceptors (Lipinski definition) is 5. The van der Waals surface area contributed by atoms with Crippen molar-refractivity contribution in [3.8, 4) is 17.1 Å². The third-order valence-corrected chi connectivity index (χ3v) is 7.20. The first-order valence-electron chi connectivity index (χ1n) is 13.0. The van der Waals surface area contributed by atoms with Crippen LogP contribution in [0.5, 0.6) is 0 Å². The Morgan fingerprint density at radius 1 is 1.08 bits per heavy atom. The molecule has 1 saturated heterocycles. The number of piperidine rings is 1. The van der Waals surface area contributed by atoms with Crippen molar-refractivity contribution in [2.75, 3.05) is 13.1 Å². The molecule has 2 aromatic carbocycles. The number of aromatic amines is 1. The fourth-order valence-electron chi connectivity index (χ4n) is 5.17. The molecule has 0 radical (unpaired) electrons. The van der Waals surface area contributed by atoms with Gasteiger partial charge in [0.1, 0.15) is 5.52 Å². The average Bonchev–Trinajstić information content (AvgIpc) is 3.54. The van der Waals surface area contributed by atoms with Crippen molar-refractivity contribution < 1.29 is 0 Å². The molecule has 1 atom stereocenters. The first-order chi connectivity index (χ1) is 18.1. The Kier molecular flexibility index (Phi) is 6.18. The van der Waals surface area contributed by atoms with Crippen LogP contribution in [0.1, 0.15) is 55.3 Å². The van der Waals surface area contributed by atoms with E-state index >= 15 is 0 Å². The van der Waals surface area contributed by atoms with Gasteiger partial charge in [0.05, 0.1) is 24.1 Å². The van der Waals surface area contributed by atoms with Crippen molar-refractivity contribution in [1.29, 1.82) is 0 Å². The van der Waals surface area contributed by atoms with Crippen LogP contribution >= 0.6 is 0 Å². The molecule has 0 unspecified atom stereocenters. The van der Waals surface area contributed by atoms with Crippen molar-refractivity contribution >= 4 is 11.2 Å². The van der Waals surface area contributed by atoms with Crippen LogP contribution < -0.4 is 11.0 Å². The van der Waals surface area contributed by atoms with Gasteiger partial charge in [0.25, 0.3) is 0 Å². The lowest BCUT2D eigenvalue weighted by Crippen LogP contribution is -2.28. The molecule has 5 aromatic rings. The molecule has 8 nitrogen and oxygen atoms in total. The van der Waals surface area contributed by atoms with Gasteiger partial charge in [-0.05, 0) is 54.6 Å². The second-order valence-electron chi connectivity index (χ2n) is 10.1. The summed E-state index contributed by atoms with van der Waals surface area (Å²) >= 11 is 0. The molecule has 0 spiro atoms. The normalized spacial score (nSPS) is 16.0. The molecule has 4 heterocycles. The van der Waals surface area contributed by atoms with E-state index in [0.717, 1.165) is 35.6 Å². The second kappa shape index (κ2) is 9.78. The number of imidazole rings is 1. The van der Waals surface area contributed by atoms with Crippen molar-refractivity contribution in [2.24, 2.45) is 0 Å². The highest BCUT2D eigenvalue weighted by Crippen LogP contribution is 2.27. The van der Waals surface area contributed by atoms with Gasteiger partial charge in [-0.1, -0.05) is 50.2 Å². The quantitative estimate of drug-likeness (QED) is 0.360. The Hall–Kier alpha value is -4.04. The van der Waals surface area contributed by atoms with E-state index in [0.29, 0.717) is 35.4 Å². The van der Waals surface area contributed by atoms with E-state index in [1.807, 2.05) is 53.3 Å². The SMILES string of the molecule is CC(C)c1ccccc1-c1ncc2[nH]c(=O)n(Cc3ccc(-n4ccc([C@H]5CCCNC5)n4)cc3)c2n1. The number of aromatic nitrogens is 6. The van der Waals surface area contributed by atoms with E-state index in [1.54, 1.807) is 10.8 Å². The topological polar surface area (TPSA) is 93.4 Å². The lowest BCUT2D eigenvalue weighted by atomic mass is 9.97. The Morgan fingerprint density at radius 2 is 1.92 bits per heavy atom. The molecule has 2 N–H and O–H groups in total. The summed E-state index contributed by atoms with van der Waals surface area (Å²) in [6, 6.07) is 18.5. The van der Waals surface area contributed by atoms with Gasteiger partial charge in [-0.25, -0.2) is 19.4 Å². The van der Waals surface area contributed by atoms with E-state index in [2.05, 4.69) is 41.3 Å². The summed E-state index contributed by atoms with van der Waals surface area (Å²) in [5.41, 5.74) is 6.37. The summed E-state index contributed by atoms with van der Waals surface area (Å²) in [5, 5.41) is 8.28. The monoisotopic (exact) mass is 493 g/mol. The van der Waals surface area contributed by atoms with Crippen LogP contribution in [0.2, 0.25) is 0 Å². The average molecular weight is 494 g/mol. The van der Waals surface area contributed by atoms with Crippen molar-refractivity contribution in [3.05, 3.63) is 94.3 Å². The molecule has 0 amide bonds. The minimum absolute atomic E-state index is 0.194. The third-order valence-electron chi connectivity index (χ3n) is 7.20. The zero-order chi connectivity index (χ0) is 25.4. The maximum Gasteiger partial charge on any atom is 0.328 e. The standard InChI is InChI=1S/C29H31N7O/c1-19(2)23-7-3-4-8-24(23)27-31-17-26-28(33-27)35(29(37)32-26)18-20-9-11-22(12-10-20)36-15-13-25(34-36)21-6-5-14-30-16-21/h3-4,7-13,15,17,19,21,30H,5-6,14,16,18H2,1-2H3,(H,32,37)/t21-/m0/s1. The predicted molar refractivity (Wildman–Crippen MR) is 145 cm³/mol. The van der Waals surface area contributed by atoms with Crippen LogP contribution in [0.4, 0.5) is 0 Å². The lowest BCUT2D eigenvalue weighted by Gasteiger charge is -2.20. The Morgan fingerprint density at radius 3 is 2.70 bits per heavy atom. The number of fused-ring (bicyclic) bond motifs is 1. The smallest absolute Gasteiger partial charge is 0.316 e. The van der Waals surface area contributed by atoms with E-state index in [1.165, 1.54) is 18.4 Å². The summed E-state index contributed by atoms with van der Waals surface area (Å²) in [5.74, 6) is 1.44. The second-order valence-corrected chi connectivity index (χ2v) is 10.1. The summed E-state index contributed by atoms with van der Waals surface area (Å²) in [6.45, 7) is 6.81. The highest BCUT2D eigenvalue weighted by molar-refractivity contribution is 5.73. The fraction of sp³-hybridized carbons (Fsp3) is 0.310. The highest BCUT2D eigenvalue weighted by atomic mass is 16.1. The number of nitrogens with zero attached hydrogens (tertiary/aromatic N) is 5. The maximum atomic E-state index is 12.8. The van der Waals surface area contributed by atoms with Gasteiger partial charge >= 0.3 is 5.69 Å². The zero-order valence-corrected chi connectivity index (χ0v) is 21.2. The van der Waals surface area contributed by atoms with Crippen LogP contribution in [0.15, 0.2) is 71.8 Å². The van der Waals surface area contributed by atoms with Crippen LogP contribution in [0.25, 0.3) is 28.2 Å². The molecule has 1 fully saturated rings. The molecule has 1 aliphatic rings. The molecule has 6 rings (SSSR count). The highest BCUT2D eigenvalue weighted by Gasteiger charge is 2.18. The number of hydrogen-bond donors (Lipinski definition) is 2. The van der Waals surface area contributed by atoms with Crippen LogP contribution in [0, 0.1) is 0 Å². The molecule has 8 heteroatoms. The molecule has 188 valence electrons. The van der Waals surface area contributed by atoms with Crippen molar-refractivity contribution in [3.63, 3.8) is 0 Å². The lowest BCUT2D eigenvalue weighted by molar-refractivity contribution is 0.453. The van der Waals surface area contributed by atoms with Gasteiger partial charge in [-0.15, -0.1) is 0 Å². The first-order valence-corrected chi connectivity index (χ1v) is 13.0. The Balaban J connectivity index is 1.27. The van der Waals surface area contributed by atoms with Gasteiger partial charge in [-0.3, -0.25) is 4.57 Å². The third kappa shape index (κ3) is 4.60. The van der Waals surface area contributed by atoms with E-state index in [4.69, 9.17) is 10.1 Å². The van der Waals surface area contributed by atoms with Crippen molar-refractivity contribution in [2.45, 2.75) is 45.1 Å². The van der Waals surface area contributed by atoms with E-state index in [-0.39, 0.29) is 5.69 Å². The molecule has 0 saturated carbocycles. The number of rotatable bonds is 6. The van der Waals surface area contributed by atoms with Crippen molar-refractivity contribution in [1.82, 2.24) is 34.6 Å². The summed E-state index contributed by atoms with van der Waals surface area (Å²) in [7, 11) is 0. The van der Waals surface area contributed by atoms with Gasteiger partial charge in [-0.2, -0.15) is 5.10 Å². The minimum Gasteiger partial charge on any atom is -0.316 e. The molecule has 37 heavy (non-hydrogen) atoms. The number of nitrogens with one attached hydrogen (secondary N) is 2. The molecular weight excluding hydrogens is 462 g/mol. The first kappa shape index (κ1) is 23.4. The number of benzene rings is 2. The molecule has 1 aliphatic heterocycles. The molecular formula is C29H31N7O. The van der Waals surface area contributed by atoms with Gasteiger partial charge in [0.15, 0.2) is 11.5 Å². The van der Waals surface area contributed by atoms with E-state index < -0.39 is 0 Å². The largest absolute Gasteiger partial charge is 0.328 e. The van der Waals surface area contributed by atoms with Crippen LogP contribution in [-0.2, 0) is 6.54 Å². The summed E-state index contributed by atoms with van der Waals surface area (Å²) in [6.07, 6.45) is 6.09. The van der Waals surface area contributed by atoms with Crippen LogP contribution in [-0.4, -0.2) is 42.4 Å². The Labute approximate surface area is 215 Å². The molecule has 0 bridgehead atoms. The predicted octanol–water partition coefficient (Wildman–Crippen LogP) is 4.61. The maximum absolute atomic E-state index is 12.8. The van der Waals surface area contributed by atoms with Gasteiger partial charge < -0.3 is 10.3 Å². The fourth-order valence-corrected chi connectivity index (χ4v) is 5.17. The summed E-state index contributed by atoms with van der Waals surface area (Å²) < 4.78 is 3.60. The summed E-state index contributed by atoms with van der Waals surface area (Å²) in [4.78, 5) is 25.1.